The van der Waals surface area contributed by atoms with Gasteiger partial charge in [0, 0.05) is 19.4 Å². The Labute approximate surface area is 126 Å². The van der Waals surface area contributed by atoms with Gasteiger partial charge in [-0.1, -0.05) is 27.2 Å². The first-order chi connectivity index (χ1) is 9.93. The number of nitrogens with zero attached hydrogens (tertiary/aromatic N) is 1. The minimum absolute atomic E-state index is 0.0869. The summed E-state index contributed by atoms with van der Waals surface area (Å²) in [5.74, 6) is 0.423. The van der Waals surface area contributed by atoms with Crippen molar-refractivity contribution in [1.29, 1.82) is 0 Å². The van der Waals surface area contributed by atoms with E-state index in [9.17, 15) is 14.4 Å². The van der Waals surface area contributed by atoms with Crippen molar-refractivity contribution in [2.45, 2.75) is 64.8 Å². The number of urea groups is 1. The molecule has 0 aromatic carbocycles. The predicted molar refractivity (Wildman–Crippen MR) is 79.7 cm³/mol. The van der Waals surface area contributed by atoms with Crippen LogP contribution in [0.25, 0.3) is 0 Å². The molecule has 2 atom stereocenters. The van der Waals surface area contributed by atoms with Crippen LogP contribution in [0, 0.1) is 11.8 Å². The van der Waals surface area contributed by atoms with Gasteiger partial charge >= 0.3 is 6.03 Å². The molecule has 2 rings (SSSR count). The highest BCUT2D eigenvalue weighted by atomic mass is 16.2. The summed E-state index contributed by atoms with van der Waals surface area (Å²) in [6.07, 6.45) is 4.56. The van der Waals surface area contributed by atoms with E-state index in [0.29, 0.717) is 25.8 Å². The fourth-order valence-corrected chi connectivity index (χ4v) is 3.77. The summed E-state index contributed by atoms with van der Waals surface area (Å²) in [6, 6.07) is -0.287. The first-order valence-corrected chi connectivity index (χ1v) is 8.09. The Morgan fingerprint density at radius 2 is 1.90 bits per heavy atom. The van der Waals surface area contributed by atoms with E-state index in [0.717, 1.165) is 19.3 Å². The average Bonchev–Trinajstić information content (AvgIpc) is 2.70. The van der Waals surface area contributed by atoms with E-state index in [2.05, 4.69) is 19.2 Å². The Balaban J connectivity index is 2.07. The van der Waals surface area contributed by atoms with Gasteiger partial charge in [-0.3, -0.25) is 14.5 Å². The molecule has 2 aliphatic rings. The summed E-state index contributed by atoms with van der Waals surface area (Å²) in [6.45, 7) is 6.28. The van der Waals surface area contributed by atoms with Gasteiger partial charge in [0.25, 0.3) is 5.91 Å². The van der Waals surface area contributed by atoms with Gasteiger partial charge in [-0.2, -0.15) is 0 Å². The molecular formula is C16H26N2O3. The molecule has 1 spiro atoms. The number of ketones is 1. The second kappa shape index (κ2) is 6.16. The van der Waals surface area contributed by atoms with E-state index in [-0.39, 0.29) is 29.6 Å². The molecule has 0 bridgehead atoms. The van der Waals surface area contributed by atoms with Gasteiger partial charge in [0.05, 0.1) is 0 Å². The minimum atomic E-state index is -0.718. The number of carbonyl (C=O) groups excluding carboxylic acids is 3. The molecule has 0 aromatic rings. The van der Waals surface area contributed by atoms with Crippen molar-refractivity contribution in [3.63, 3.8) is 0 Å². The third-order valence-corrected chi connectivity index (χ3v) is 5.22. The van der Waals surface area contributed by atoms with Crippen LogP contribution >= 0.6 is 0 Å². The lowest BCUT2D eigenvalue weighted by molar-refractivity contribution is -0.136. The van der Waals surface area contributed by atoms with Crippen molar-refractivity contribution in [3.05, 3.63) is 0 Å². The number of nitrogens with one attached hydrogen (secondary N) is 1. The molecule has 0 aromatic heterocycles. The van der Waals surface area contributed by atoms with Gasteiger partial charge in [0.2, 0.25) is 0 Å². The fraction of sp³-hybridized carbons (Fsp3) is 0.812. The van der Waals surface area contributed by atoms with Gasteiger partial charge in [-0.25, -0.2) is 4.79 Å². The first kappa shape index (κ1) is 16.0. The molecule has 21 heavy (non-hydrogen) atoms. The molecule has 0 radical (unpaired) electrons. The SMILES string of the molecule is CCC(=O)CCCN1C(=O)NC2(C1=O)C(C)CCCC2C. The second-order valence-electron chi connectivity index (χ2n) is 6.48. The number of hydrogen-bond donors (Lipinski definition) is 1. The van der Waals surface area contributed by atoms with E-state index in [1.54, 1.807) is 0 Å². The highest BCUT2D eigenvalue weighted by Gasteiger charge is 2.58. The Bertz CT molecular complexity index is 437. The van der Waals surface area contributed by atoms with Gasteiger partial charge in [0.1, 0.15) is 11.3 Å². The Morgan fingerprint density at radius 3 is 2.48 bits per heavy atom. The third-order valence-electron chi connectivity index (χ3n) is 5.22. The summed E-state index contributed by atoms with van der Waals surface area (Å²) in [5.41, 5.74) is -0.718. The summed E-state index contributed by atoms with van der Waals surface area (Å²) >= 11 is 0. The average molecular weight is 294 g/mol. The zero-order chi connectivity index (χ0) is 15.6. The number of rotatable bonds is 5. The topological polar surface area (TPSA) is 66.5 Å². The van der Waals surface area contributed by atoms with Gasteiger partial charge < -0.3 is 5.32 Å². The van der Waals surface area contributed by atoms with Crippen LogP contribution in [0.1, 0.15) is 59.3 Å². The monoisotopic (exact) mass is 294 g/mol. The third kappa shape index (κ3) is 2.70. The number of amides is 3. The number of Topliss-reactive ketones (excluding diaryl/α,β-unsaturated/α-hetero) is 1. The fourth-order valence-electron chi connectivity index (χ4n) is 3.77. The van der Waals surface area contributed by atoms with Crippen LogP contribution in [-0.2, 0) is 9.59 Å². The van der Waals surface area contributed by atoms with Crippen LogP contribution in [0.15, 0.2) is 0 Å². The molecule has 5 heteroatoms. The number of carbonyl (C=O) groups is 3. The zero-order valence-electron chi connectivity index (χ0n) is 13.3. The molecule has 1 saturated heterocycles. The van der Waals surface area contributed by atoms with Gasteiger partial charge in [0.15, 0.2) is 0 Å². The lowest BCUT2D eigenvalue weighted by atomic mass is 9.67. The van der Waals surface area contributed by atoms with Crippen LogP contribution < -0.4 is 5.32 Å². The van der Waals surface area contributed by atoms with Crippen LogP contribution in [0.5, 0.6) is 0 Å². The molecule has 1 saturated carbocycles. The molecule has 1 heterocycles. The van der Waals surface area contributed by atoms with Crippen LogP contribution in [0.3, 0.4) is 0 Å². The largest absolute Gasteiger partial charge is 0.325 e. The smallest absolute Gasteiger partial charge is 0.323 e. The van der Waals surface area contributed by atoms with E-state index in [1.807, 2.05) is 6.92 Å². The minimum Gasteiger partial charge on any atom is -0.323 e. The highest BCUT2D eigenvalue weighted by Crippen LogP contribution is 2.42. The van der Waals surface area contributed by atoms with Gasteiger partial charge in [-0.15, -0.1) is 0 Å². The second-order valence-corrected chi connectivity index (χ2v) is 6.48. The molecule has 1 aliphatic carbocycles. The summed E-state index contributed by atoms with van der Waals surface area (Å²) in [4.78, 5) is 37.7. The van der Waals surface area contributed by atoms with Crippen molar-refractivity contribution in [3.8, 4) is 0 Å². The van der Waals surface area contributed by atoms with Crippen molar-refractivity contribution < 1.29 is 14.4 Å². The number of imide groups is 1. The normalized spacial score (nSPS) is 32.6. The van der Waals surface area contributed by atoms with Crippen molar-refractivity contribution in [2.24, 2.45) is 11.8 Å². The standard InChI is InChI=1S/C16H26N2O3/c1-4-13(19)9-6-10-18-14(20)16(17-15(18)21)11(2)7-5-8-12(16)3/h11-12H,4-10H2,1-3H3,(H,17,21). The molecule has 1 aliphatic heterocycles. The van der Waals surface area contributed by atoms with E-state index in [1.165, 1.54) is 4.90 Å². The quantitative estimate of drug-likeness (QED) is 0.792. The highest BCUT2D eigenvalue weighted by molar-refractivity contribution is 6.07. The molecule has 1 N–H and O–H groups in total. The Hall–Kier alpha value is -1.39. The molecule has 2 unspecified atom stereocenters. The lowest BCUT2D eigenvalue weighted by Crippen LogP contribution is -2.58. The predicted octanol–water partition coefficient (Wildman–Crippen LogP) is 2.49. The number of hydrogen-bond acceptors (Lipinski definition) is 3. The van der Waals surface area contributed by atoms with Crippen molar-refractivity contribution in [1.82, 2.24) is 10.2 Å². The van der Waals surface area contributed by atoms with Gasteiger partial charge in [-0.05, 0) is 31.1 Å². The maximum Gasteiger partial charge on any atom is 0.325 e. The van der Waals surface area contributed by atoms with E-state index in [4.69, 9.17) is 0 Å². The molecule has 2 fully saturated rings. The summed E-state index contributed by atoms with van der Waals surface area (Å²) in [7, 11) is 0. The Morgan fingerprint density at radius 1 is 1.29 bits per heavy atom. The van der Waals surface area contributed by atoms with Crippen molar-refractivity contribution >= 4 is 17.7 Å². The van der Waals surface area contributed by atoms with E-state index < -0.39 is 5.54 Å². The van der Waals surface area contributed by atoms with E-state index >= 15 is 0 Å². The zero-order valence-corrected chi connectivity index (χ0v) is 13.3. The Kier molecular flexibility index (Phi) is 4.69. The first-order valence-electron chi connectivity index (χ1n) is 8.09. The molecule has 118 valence electrons. The molecule has 3 amide bonds. The molecule has 5 nitrogen and oxygen atoms in total. The lowest BCUT2D eigenvalue weighted by Gasteiger charge is -2.42. The summed E-state index contributed by atoms with van der Waals surface area (Å²) in [5, 5.41) is 2.97. The maximum atomic E-state index is 12.8. The summed E-state index contributed by atoms with van der Waals surface area (Å²) < 4.78 is 0. The van der Waals surface area contributed by atoms with Crippen LogP contribution in [-0.4, -0.2) is 34.7 Å². The molecular weight excluding hydrogens is 268 g/mol. The van der Waals surface area contributed by atoms with Crippen molar-refractivity contribution in [2.75, 3.05) is 6.54 Å². The maximum absolute atomic E-state index is 12.8. The van der Waals surface area contributed by atoms with Crippen LogP contribution in [0.2, 0.25) is 0 Å². The van der Waals surface area contributed by atoms with Crippen LogP contribution in [0.4, 0.5) is 4.79 Å².